The zero-order valence-electron chi connectivity index (χ0n) is 14.3. The molecule has 0 fully saturated rings. The average molecular weight is 323 g/mol. The molecule has 1 aromatic rings. The van der Waals surface area contributed by atoms with E-state index in [1.807, 2.05) is 38.1 Å². The van der Waals surface area contributed by atoms with E-state index in [4.69, 9.17) is 14.6 Å². The molecule has 0 saturated heterocycles. The Morgan fingerprint density at radius 3 is 2.87 bits per heavy atom. The van der Waals surface area contributed by atoms with Gasteiger partial charge in [-0.1, -0.05) is 13.0 Å². The van der Waals surface area contributed by atoms with E-state index in [9.17, 15) is 0 Å². The third-order valence-corrected chi connectivity index (χ3v) is 3.08. The Hall–Kier alpha value is -1.79. The molecular weight excluding hydrogens is 294 g/mol. The zero-order chi connectivity index (χ0) is 16.9. The van der Waals surface area contributed by atoms with Crippen LogP contribution in [0.25, 0.3) is 0 Å². The minimum atomic E-state index is 0.133. The van der Waals surface area contributed by atoms with E-state index in [1.165, 1.54) is 0 Å². The number of ether oxygens (including phenoxy) is 2. The minimum absolute atomic E-state index is 0.133. The van der Waals surface area contributed by atoms with E-state index >= 15 is 0 Å². The van der Waals surface area contributed by atoms with Crippen molar-refractivity contribution < 1.29 is 14.6 Å². The molecule has 1 rings (SSSR count). The van der Waals surface area contributed by atoms with Gasteiger partial charge < -0.3 is 25.2 Å². The molecule has 130 valence electrons. The van der Waals surface area contributed by atoms with Crippen molar-refractivity contribution in [2.75, 3.05) is 45.3 Å². The summed E-state index contributed by atoms with van der Waals surface area (Å²) in [5.41, 5.74) is 0.908. The fraction of sp³-hybridized carbons (Fsp3) is 0.588. The maximum atomic E-state index is 9.09. The Labute approximate surface area is 138 Å². The molecule has 0 spiro atoms. The second-order valence-corrected chi connectivity index (χ2v) is 5.36. The number of nitrogens with one attached hydrogen (secondary N) is 2. The number of aliphatic hydroxyl groups excluding tert-OH is 1. The minimum Gasteiger partial charge on any atom is -0.493 e. The molecule has 0 amide bonds. The van der Waals surface area contributed by atoms with E-state index in [-0.39, 0.29) is 12.5 Å². The summed E-state index contributed by atoms with van der Waals surface area (Å²) in [7, 11) is 1.68. The maximum Gasteiger partial charge on any atom is 0.195 e. The van der Waals surface area contributed by atoms with Gasteiger partial charge in [0.05, 0.1) is 6.61 Å². The van der Waals surface area contributed by atoms with E-state index in [1.54, 1.807) is 7.11 Å². The molecule has 3 N–H and O–H groups in total. The molecule has 23 heavy (non-hydrogen) atoms. The molecule has 0 bridgehead atoms. The Morgan fingerprint density at radius 2 is 2.17 bits per heavy atom. The number of guanidine groups is 1. The fourth-order valence-electron chi connectivity index (χ4n) is 1.81. The third-order valence-electron chi connectivity index (χ3n) is 3.08. The number of rotatable bonds is 10. The number of aliphatic imine (C=N–C) groups is 1. The first-order chi connectivity index (χ1) is 11.2. The molecule has 0 aliphatic carbocycles. The summed E-state index contributed by atoms with van der Waals surface area (Å²) in [6.45, 7) is 6.76. The topological polar surface area (TPSA) is 75.1 Å². The number of aliphatic hydroxyl groups is 1. The molecule has 0 heterocycles. The molecule has 1 aromatic carbocycles. The van der Waals surface area contributed by atoms with Gasteiger partial charge in [0.1, 0.15) is 5.75 Å². The molecule has 6 heteroatoms. The lowest BCUT2D eigenvalue weighted by Crippen LogP contribution is -2.31. The second-order valence-electron chi connectivity index (χ2n) is 5.36. The van der Waals surface area contributed by atoms with Crippen molar-refractivity contribution in [3.8, 4) is 5.75 Å². The van der Waals surface area contributed by atoms with Crippen LogP contribution in [0.4, 0.5) is 5.69 Å². The zero-order valence-corrected chi connectivity index (χ0v) is 14.3. The second kappa shape index (κ2) is 11.7. The van der Waals surface area contributed by atoms with E-state index in [0.717, 1.165) is 24.4 Å². The summed E-state index contributed by atoms with van der Waals surface area (Å²) in [6, 6.07) is 7.77. The van der Waals surface area contributed by atoms with Gasteiger partial charge in [0, 0.05) is 51.6 Å². The molecule has 0 radical (unpaired) electrons. The molecule has 0 aliphatic heterocycles. The summed E-state index contributed by atoms with van der Waals surface area (Å²) in [6.07, 6.45) is 0.858. The predicted molar refractivity (Wildman–Crippen MR) is 94.3 cm³/mol. The van der Waals surface area contributed by atoms with Crippen LogP contribution in [0.15, 0.2) is 29.3 Å². The molecule has 0 aliphatic rings. The lowest BCUT2D eigenvalue weighted by atomic mass is 10.2. The van der Waals surface area contributed by atoms with Crippen LogP contribution in [0.2, 0.25) is 0 Å². The fourth-order valence-corrected chi connectivity index (χ4v) is 1.81. The highest BCUT2D eigenvalue weighted by Gasteiger charge is 2.03. The van der Waals surface area contributed by atoms with Crippen molar-refractivity contribution in [3.63, 3.8) is 0 Å². The van der Waals surface area contributed by atoms with Crippen LogP contribution in [0, 0.1) is 5.92 Å². The summed E-state index contributed by atoms with van der Waals surface area (Å²) in [5, 5.41) is 15.5. The highest BCUT2D eigenvalue weighted by atomic mass is 16.5. The van der Waals surface area contributed by atoms with E-state index in [2.05, 4.69) is 15.6 Å². The van der Waals surface area contributed by atoms with Gasteiger partial charge in [0.25, 0.3) is 0 Å². The van der Waals surface area contributed by atoms with Crippen LogP contribution in [0.1, 0.15) is 20.3 Å². The van der Waals surface area contributed by atoms with E-state index < -0.39 is 0 Å². The Balaban J connectivity index is 2.61. The quantitative estimate of drug-likeness (QED) is 0.349. The predicted octanol–water partition coefficient (Wildman–Crippen LogP) is 2.11. The first-order valence-electron chi connectivity index (χ1n) is 8.07. The van der Waals surface area contributed by atoms with Gasteiger partial charge in [-0.2, -0.15) is 0 Å². The number of benzene rings is 1. The molecule has 1 atom stereocenters. The van der Waals surface area contributed by atoms with Gasteiger partial charge in [-0.15, -0.1) is 0 Å². The molecule has 0 saturated carbocycles. The maximum absolute atomic E-state index is 9.09. The van der Waals surface area contributed by atoms with Crippen molar-refractivity contribution >= 4 is 11.6 Å². The van der Waals surface area contributed by atoms with Crippen molar-refractivity contribution in [2.24, 2.45) is 10.9 Å². The van der Waals surface area contributed by atoms with Gasteiger partial charge in [0.2, 0.25) is 0 Å². The number of nitrogens with zero attached hydrogens (tertiary/aromatic N) is 1. The lowest BCUT2D eigenvalue weighted by Gasteiger charge is -2.13. The van der Waals surface area contributed by atoms with Crippen LogP contribution < -0.4 is 15.4 Å². The summed E-state index contributed by atoms with van der Waals surface area (Å²) >= 11 is 0. The first-order valence-corrected chi connectivity index (χ1v) is 8.07. The Bertz CT molecular complexity index is 466. The summed E-state index contributed by atoms with van der Waals surface area (Å²) in [4.78, 5) is 4.47. The van der Waals surface area contributed by atoms with Crippen LogP contribution in [0.5, 0.6) is 5.75 Å². The largest absolute Gasteiger partial charge is 0.493 e. The van der Waals surface area contributed by atoms with Crippen LogP contribution in [0.3, 0.4) is 0 Å². The standard InChI is InChI=1S/C17H29N3O3/c1-4-18-17(19-12-14(2)13-21)20-15-7-5-8-16(11-15)23-10-6-9-22-3/h5,7-8,11,14,21H,4,6,9-10,12-13H2,1-3H3,(H2,18,19,20). The van der Waals surface area contributed by atoms with Crippen molar-refractivity contribution in [1.29, 1.82) is 0 Å². The molecular formula is C17H29N3O3. The monoisotopic (exact) mass is 323 g/mol. The molecule has 1 unspecified atom stereocenters. The lowest BCUT2D eigenvalue weighted by molar-refractivity contribution is 0.172. The smallest absolute Gasteiger partial charge is 0.195 e. The first kappa shape index (κ1) is 19.3. The number of methoxy groups -OCH3 is 1. The van der Waals surface area contributed by atoms with Gasteiger partial charge in [-0.25, -0.2) is 0 Å². The third kappa shape index (κ3) is 8.42. The van der Waals surface area contributed by atoms with Crippen molar-refractivity contribution in [3.05, 3.63) is 24.3 Å². The highest BCUT2D eigenvalue weighted by molar-refractivity contribution is 5.93. The van der Waals surface area contributed by atoms with Gasteiger partial charge in [-0.3, -0.25) is 4.99 Å². The van der Waals surface area contributed by atoms with Crippen LogP contribution >= 0.6 is 0 Å². The summed E-state index contributed by atoms with van der Waals surface area (Å²) in [5.74, 6) is 1.65. The van der Waals surface area contributed by atoms with Gasteiger partial charge >= 0.3 is 0 Å². The Morgan fingerprint density at radius 1 is 1.35 bits per heavy atom. The molecule has 0 aromatic heterocycles. The van der Waals surface area contributed by atoms with Crippen molar-refractivity contribution in [1.82, 2.24) is 5.32 Å². The number of hydrogen-bond donors (Lipinski definition) is 3. The van der Waals surface area contributed by atoms with Crippen LogP contribution in [-0.2, 0) is 4.74 Å². The van der Waals surface area contributed by atoms with Gasteiger partial charge in [0.15, 0.2) is 5.96 Å². The Kier molecular flexibility index (Phi) is 9.83. The van der Waals surface area contributed by atoms with Gasteiger partial charge in [-0.05, 0) is 25.0 Å². The average Bonchev–Trinajstić information content (AvgIpc) is 2.57. The van der Waals surface area contributed by atoms with Crippen LogP contribution in [-0.4, -0.2) is 51.1 Å². The highest BCUT2D eigenvalue weighted by Crippen LogP contribution is 2.17. The number of anilines is 1. The molecule has 6 nitrogen and oxygen atoms in total. The van der Waals surface area contributed by atoms with Crippen molar-refractivity contribution in [2.45, 2.75) is 20.3 Å². The SMILES string of the molecule is CCNC(=NCC(C)CO)Nc1cccc(OCCCOC)c1. The number of hydrogen-bond acceptors (Lipinski definition) is 4. The van der Waals surface area contributed by atoms with E-state index in [0.29, 0.717) is 25.7 Å². The normalized spacial score (nSPS) is 12.8. The summed E-state index contributed by atoms with van der Waals surface area (Å²) < 4.78 is 10.7.